The molecule has 0 unspecified atom stereocenters. The van der Waals surface area contributed by atoms with Crippen LogP contribution >= 0.6 is 11.3 Å². The standard InChI is InChI=1S/C28H27N3OS/c1-3-4-13-26-31-27(22-12-8-9-20(2)18-22)28(33-26)23-16-17-29-24(19-23)30-25(32)15-14-21-10-6-5-7-11-21/h5-12,14-19H,3-4,13H2,1-2H3,(H,29,30,32). The molecule has 0 saturated heterocycles. The minimum atomic E-state index is -0.213. The van der Waals surface area contributed by atoms with Gasteiger partial charge in [-0.05, 0) is 55.2 Å². The number of anilines is 1. The molecule has 2 aromatic carbocycles. The second-order valence-corrected chi connectivity index (χ2v) is 9.01. The fraction of sp³-hybridized carbons (Fsp3) is 0.179. The second-order valence-electron chi connectivity index (χ2n) is 7.92. The van der Waals surface area contributed by atoms with Crippen molar-refractivity contribution >= 4 is 29.1 Å². The Kier molecular flexibility index (Phi) is 7.43. The van der Waals surface area contributed by atoms with Crippen LogP contribution in [-0.2, 0) is 11.2 Å². The normalized spacial score (nSPS) is 11.1. The van der Waals surface area contributed by atoms with Crippen LogP contribution in [0.1, 0.15) is 35.9 Å². The van der Waals surface area contributed by atoms with Gasteiger partial charge in [0.15, 0.2) is 0 Å². The molecular formula is C28H27N3OS. The van der Waals surface area contributed by atoms with Crippen LogP contribution in [0, 0.1) is 6.92 Å². The number of benzene rings is 2. The summed E-state index contributed by atoms with van der Waals surface area (Å²) in [5, 5.41) is 4.01. The summed E-state index contributed by atoms with van der Waals surface area (Å²) in [5.41, 5.74) is 5.28. The first kappa shape index (κ1) is 22.6. The number of rotatable bonds is 8. The van der Waals surface area contributed by atoms with E-state index < -0.39 is 0 Å². The lowest BCUT2D eigenvalue weighted by atomic mass is 10.1. The molecule has 0 aliphatic carbocycles. The third-order valence-electron chi connectivity index (χ3n) is 5.21. The molecule has 0 bridgehead atoms. The Morgan fingerprint density at radius 2 is 1.88 bits per heavy atom. The van der Waals surface area contributed by atoms with Gasteiger partial charge in [0.1, 0.15) is 5.82 Å². The Bertz CT molecular complexity index is 1260. The lowest BCUT2D eigenvalue weighted by Gasteiger charge is -2.06. The van der Waals surface area contributed by atoms with Crippen LogP contribution in [0.2, 0.25) is 0 Å². The van der Waals surface area contributed by atoms with Crippen LogP contribution in [-0.4, -0.2) is 15.9 Å². The van der Waals surface area contributed by atoms with E-state index in [1.807, 2.05) is 42.5 Å². The number of unbranched alkanes of at least 4 members (excludes halogenated alkanes) is 1. The molecule has 1 N–H and O–H groups in total. The number of thiazole rings is 1. The Morgan fingerprint density at radius 3 is 2.67 bits per heavy atom. The summed E-state index contributed by atoms with van der Waals surface area (Å²) in [6.07, 6.45) is 8.27. The van der Waals surface area contributed by atoms with Gasteiger partial charge in [0.2, 0.25) is 5.91 Å². The average molecular weight is 454 g/mol. The lowest BCUT2D eigenvalue weighted by molar-refractivity contribution is -0.111. The van der Waals surface area contributed by atoms with Crippen molar-refractivity contribution in [2.24, 2.45) is 0 Å². The highest BCUT2D eigenvalue weighted by molar-refractivity contribution is 7.15. The molecule has 0 fully saturated rings. The molecule has 0 saturated carbocycles. The van der Waals surface area contributed by atoms with Gasteiger partial charge in [-0.3, -0.25) is 4.79 Å². The number of pyridine rings is 1. The highest BCUT2D eigenvalue weighted by atomic mass is 32.1. The fourth-order valence-corrected chi connectivity index (χ4v) is 4.65. The Labute approximate surface area is 199 Å². The number of carbonyl (C=O) groups is 1. The number of nitrogens with zero attached hydrogens (tertiary/aromatic N) is 2. The number of aromatic nitrogens is 2. The third-order valence-corrected chi connectivity index (χ3v) is 6.37. The van der Waals surface area contributed by atoms with E-state index in [0.717, 1.165) is 51.5 Å². The number of nitrogens with one attached hydrogen (secondary N) is 1. The first-order valence-electron chi connectivity index (χ1n) is 11.2. The average Bonchev–Trinajstić information content (AvgIpc) is 3.27. The molecular weight excluding hydrogens is 426 g/mol. The van der Waals surface area contributed by atoms with E-state index in [2.05, 4.69) is 48.4 Å². The van der Waals surface area contributed by atoms with E-state index in [1.165, 1.54) is 11.6 Å². The van der Waals surface area contributed by atoms with Crippen LogP contribution in [0.25, 0.3) is 27.8 Å². The predicted octanol–water partition coefficient (Wildman–Crippen LogP) is 7.18. The number of carbonyl (C=O) groups excluding carboxylic acids is 1. The molecule has 2 heterocycles. The van der Waals surface area contributed by atoms with Crippen molar-refractivity contribution in [2.75, 3.05) is 5.32 Å². The van der Waals surface area contributed by atoms with Gasteiger partial charge >= 0.3 is 0 Å². The lowest BCUT2D eigenvalue weighted by Crippen LogP contribution is -2.09. The summed E-state index contributed by atoms with van der Waals surface area (Å²) < 4.78 is 0. The molecule has 4 aromatic rings. The van der Waals surface area contributed by atoms with Gasteiger partial charge in [0.25, 0.3) is 0 Å². The summed E-state index contributed by atoms with van der Waals surface area (Å²) in [6.45, 7) is 4.29. The molecule has 1 amide bonds. The predicted molar refractivity (Wildman–Crippen MR) is 138 cm³/mol. The molecule has 2 aromatic heterocycles. The highest BCUT2D eigenvalue weighted by Crippen LogP contribution is 2.38. The van der Waals surface area contributed by atoms with Crippen molar-refractivity contribution in [3.8, 4) is 21.7 Å². The Balaban J connectivity index is 1.61. The van der Waals surface area contributed by atoms with Crippen molar-refractivity contribution in [1.82, 2.24) is 9.97 Å². The van der Waals surface area contributed by atoms with E-state index >= 15 is 0 Å². The van der Waals surface area contributed by atoms with E-state index in [1.54, 1.807) is 23.6 Å². The van der Waals surface area contributed by atoms with E-state index in [0.29, 0.717) is 5.82 Å². The monoisotopic (exact) mass is 453 g/mol. The van der Waals surface area contributed by atoms with Crippen molar-refractivity contribution in [3.05, 3.63) is 95.1 Å². The van der Waals surface area contributed by atoms with Crippen LogP contribution in [0.3, 0.4) is 0 Å². The molecule has 0 aliphatic rings. The molecule has 33 heavy (non-hydrogen) atoms. The SMILES string of the molecule is CCCCc1nc(-c2cccc(C)c2)c(-c2ccnc(NC(=O)C=Cc3ccccc3)c2)s1. The van der Waals surface area contributed by atoms with Crippen LogP contribution in [0.15, 0.2) is 79.0 Å². The van der Waals surface area contributed by atoms with E-state index in [9.17, 15) is 4.79 Å². The molecule has 5 heteroatoms. The molecule has 0 spiro atoms. The largest absolute Gasteiger partial charge is 0.307 e. The van der Waals surface area contributed by atoms with Gasteiger partial charge < -0.3 is 5.32 Å². The van der Waals surface area contributed by atoms with E-state index in [-0.39, 0.29) is 5.91 Å². The van der Waals surface area contributed by atoms with Crippen LogP contribution in [0.4, 0.5) is 5.82 Å². The van der Waals surface area contributed by atoms with Gasteiger partial charge in [0.05, 0.1) is 15.6 Å². The molecule has 166 valence electrons. The van der Waals surface area contributed by atoms with Crippen molar-refractivity contribution < 1.29 is 4.79 Å². The molecule has 0 radical (unpaired) electrons. The maximum atomic E-state index is 12.4. The summed E-state index contributed by atoms with van der Waals surface area (Å²) in [5.74, 6) is 0.310. The van der Waals surface area contributed by atoms with Crippen molar-refractivity contribution in [1.29, 1.82) is 0 Å². The Morgan fingerprint density at radius 1 is 1.03 bits per heavy atom. The smallest absolute Gasteiger partial charge is 0.249 e. The van der Waals surface area contributed by atoms with Crippen LogP contribution in [0.5, 0.6) is 0 Å². The van der Waals surface area contributed by atoms with Gasteiger partial charge in [-0.2, -0.15) is 0 Å². The maximum absolute atomic E-state index is 12.4. The van der Waals surface area contributed by atoms with Gasteiger partial charge in [-0.15, -0.1) is 11.3 Å². The Hall–Kier alpha value is -3.57. The molecule has 4 rings (SSSR count). The van der Waals surface area contributed by atoms with E-state index in [4.69, 9.17) is 4.98 Å². The number of hydrogen-bond donors (Lipinski definition) is 1. The zero-order valence-corrected chi connectivity index (χ0v) is 19.7. The fourth-order valence-electron chi connectivity index (χ4n) is 3.53. The molecule has 4 nitrogen and oxygen atoms in total. The van der Waals surface area contributed by atoms with Gasteiger partial charge in [0, 0.05) is 17.8 Å². The zero-order valence-electron chi connectivity index (χ0n) is 18.9. The third kappa shape index (κ3) is 6.02. The van der Waals surface area contributed by atoms with Gasteiger partial charge in [-0.1, -0.05) is 67.4 Å². The quantitative estimate of drug-likeness (QED) is 0.288. The maximum Gasteiger partial charge on any atom is 0.249 e. The first-order valence-corrected chi connectivity index (χ1v) is 12.0. The number of aryl methyl sites for hydroxylation is 2. The minimum absolute atomic E-state index is 0.213. The summed E-state index contributed by atoms with van der Waals surface area (Å²) in [6, 6.07) is 22.1. The molecule has 0 aliphatic heterocycles. The summed E-state index contributed by atoms with van der Waals surface area (Å²) >= 11 is 1.72. The second kappa shape index (κ2) is 10.8. The number of amides is 1. The van der Waals surface area contributed by atoms with Crippen molar-refractivity contribution in [3.63, 3.8) is 0 Å². The van der Waals surface area contributed by atoms with Crippen molar-refractivity contribution in [2.45, 2.75) is 33.1 Å². The first-order chi connectivity index (χ1) is 16.1. The summed E-state index contributed by atoms with van der Waals surface area (Å²) in [7, 11) is 0. The molecule has 0 atom stereocenters. The topological polar surface area (TPSA) is 54.9 Å². The highest BCUT2D eigenvalue weighted by Gasteiger charge is 2.16. The zero-order chi connectivity index (χ0) is 23.0. The van der Waals surface area contributed by atoms with Gasteiger partial charge in [-0.25, -0.2) is 9.97 Å². The number of hydrogen-bond acceptors (Lipinski definition) is 4. The summed E-state index contributed by atoms with van der Waals surface area (Å²) in [4.78, 5) is 22.9. The minimum Gasteiger partial charge on any atom is -0.307 e. The van der Waals surface area contributed by atoms with Crippen LogP contribution < -0.4 is 5.32 Å².